The lowest BCUT2D eigenvalue weighted by molar-refractivity contribution is 0.219. The zero-order chi connectivity index (χ0) is 14.4. The van der Waals surface area contributed by atoms with Crippen molar-refractivity contribution in [2.75, 3.05) is 14.2 Å². The summed E-state index contributed by atoms with van der Waals surface area (Å²) in [5.41, 5.74) is 7.71. The molecule has 0 unspecified atom stereocenters. The van der Waals surface area contributed by atoms with E-state index >= 15 is 0 Å². The van der Waals surface area contributed by atoms with Crippen molar-refractivity contribution in [1.29, 1.82) is 0 Å². The molecule has 0 aliphatic rings. The first-order valence-electron chi connectivity index (χ1n) is 6.70. The number of hydrogen-bond acceptors (Lipinski definition) is 3. The average molecular weight is 280 g/mol. The second-order valence-corrected chi connectivity index (χ2v) is 5.22. The predicted octanol–water partition coefficient (Wildman–Crippen LogP) is 2.95. The van der Waals surface area contributed by atoms with Gasteiger partial charge in [0.1, 0.15) is 10.7 Å². The third-order valence-corrected chi connectivity index (χ3v) is 3.79. The number of nitrogens with zero attached hydrogens (tertiary/aromatic N) is 1. The highest BCUT2D eigenvalue weighted by molar-refractivity contribution is 7.80. The van der Waals surface area contributed by atoms with Gasteiger partial charge in [0, 0.05) is 23.7 Å². The van der Waals surface area contributed by atoms with Gasteiger partial charge in [0.25, 0.3) is 0 Å². The van der Waals surface area contributed by atoms with Gasteiger partial charge in [0.2, 0.25) is 0 Å². The number of thiocarbonyl (C=S) groups is 1. The number of hydrogen-bond donors (Lipinski definition) is 1. The molecule has 2 N–H and O–H groups in total. The molecule has 0 saturated heterocycles. The van der Waals surface area contributed by atoms with Crippen LogP contribution >= 0.6 is 12.2 Å². The Morgan fingerprint density at radius 3 is 2.47 bits per heavy atom. The summed E-state index contributed by atoms with van der Waals surface area (Å²) in [6.07, 6.45) is 2.29. The van der Waals surface area contributed by atoms with Gasteiger partial charge in [-0.25, -0.2) is 0 Å². The summed E-state index contributed by atoms with van der Waals surface area (Å²) < 4.78 is 5.42. The van der Waals surface area contributed by atoms with Crippen molar-refractivity contribution in [3.8, 4) is 5.75 Å². The number of nitrogens with two attached hydrogens (primary N) is 1. The minimum absolute atomic E-state index is 0.425. The lowest BCUT2D eigenvalue weighted by Gasteiger charge is -2.27. The van der Waals surface area contributed by atoms with E-state index in [-0.39, 0.29) is 0 Å². The number of rotatable bonds is 7. The lowest BCUT2D eigenvalue weighted by Crippen LogP contribution is -2.30. The summed E-state index contributed by atoms with van der Waals surface area (Å²) in [4.78, 5) is 2.77. The van der Waals surface area contributed by atoms with Gasteiger partial charge in [-0.3, -0.25) is 4.90 Å². The van der Waals surface area contributed by atoms with Gasteiger partial charge in [-0.15, -0.1) is 0 Å². The van der Waals surface area contributed by atoms with E-state index in [1.807, 2.05) is 18.2 Å². The van der Waals surface area contributed by atoms with Gasteiger partial charge in [0.05, 0.1) is 7.11 Å². The Morgan fingerprint density at radius 2 is 2.00 bits per heavy atom. The van der Waals surface area contributed by atoms with Gasteiger partial charge in [-0.05, 0) is 38.1 Å². The topological polar surface area (TPSA) is 38.5 Å². The average Bonchev–Trinajstić information content (AvgIpc) is 2.39. The summed E-state index contributed by atoms with van der Waals surface area (Å²) in [5, 5.41) is 0. The zero-order valence-electron chi connectivity index (χ0n) is 12.3. The van der Waals surface area contributed by atoms with Crippen LogP contribution in [0.1, 0.15) is 37.8 Å². The van der Waals surface area contributed by atoms with E-state index in [0.717, 1.165) is 36.3 Å². The first kappa shape index (κ1) is 15.9. The lowest BCUT2D eigenvalue weighted by atomic mass is 10.1. The van der Waals surface area contributed by atoms with Crippen molar-refractivity contribution in [3.63, 3.8) is 0 Å². The molecule has 106 valence electrons. The molecule has 19 heavy (non-hydrogen) atoms. The van der Waals surface area contributed by atoms with Crippen molar-refractivity contribution in [2.45, 2.75) is 39.3 Å². The fourth-order valence-corrected chi connectivity index (χ4v) is 2.49. The van der Waals surface area contributed by atoms with Gasteiger partial charge >= 0.3 is 0 Å². The maximum Gasteiger partial charge on any atom is 0.123 e. The molecule has 0 bridgehead atoms. The Kier molecular flexibility index (Phi) is 6.25. The molecule has 0 heterocycles. The first-order valence-corrected chi connectivity index (χ1v) is 7.11. The molecule has 0 saturated carbocycles. The second-order valence-electron chi connectivity index (χ2n) is 4.78. The van der Waals surface area contributed by atoms with Crippen molar-refractivity contribution >= 4 is 17.2 Å². The molecule has 0 atom stereocenters. The summed E-state index contributed by atoms with van der Waals surface area (Å²) in [6.45, 7) is 5.27. The highest BCUT2D eigenvalue weighted by Crippen LogP contribution is 2.23. The van der Waals surface area contributed by atoms with Crippen molar-refractivity contribution in [1.82, 2.24) is 4.90 Å². The van der Waals surface area contributed by atoms with Crippen LogP contribution in [0.3, 0.4) is 0 Å². The Labute approximate surface area is 121 Å². The van der Waals surface area contributed by atoms with Gasteiger partial charge in [-0.2, -0.15) is 0 Å². The second kappa shape index (κ2) is 7.46. The number of methoxy groups -OCH3 is 1. The van der Waals surface area contributed by atoms with Crippen molar-refractivity contribution < 1.29 is 4.74 Å². The highest BCUT2D eigenvalue weighted by atomic mass is 32.1. The van der Waals surface area contributed by atoms with Gasteiger partial charge in [0.15, 0.2) is 0 Å². The molecule has 0 spiro atoms. The Morgan fingerprint density at radius 1 is 1.37 bits per heavy atom. The molecule has 1 aromatic carbocycles. The molecule has 1 aromatic rings. The van der Waals surface area contributed by atoms with Gasteiger partial charge < -0.3 is 10.5 Å². The van der Waals surface area contributed by atoms with Crippen molar-refractivity contribution in [2.24, 2.45) is 5.73 Å². The van der Waals surface area contributed by atoms with Crippen molar-refractivity contribution in [3.05, 3.63) is 29.3 Å². The number of ether oxygens (including phenoxy) is 1. The molecule has 0 amide bonds. The zero-order valence-corrected chi connectivity index (χ0v) is 13.1. The van der Waals surface area contributed by atoms with E-state index in [2.05, 4.69) is 25.8 Å². The maximum absolute atomic E-state index is 5.69. The molecule has 0 aromatic heterocycles. The van der Waals surface area contributed by atoms with Crippen LogP contribution in [0.15, 0.2) is 18.2 Å². The van der Waals surface area contributed by atoms with Crippen LogP contribution < -0.4 is 10.5 Å². The molecular formula is C15H24N2OS. The molecule has 0 fully saturated rings. The monoisotopic (exact) mass is 280 g/mol. The Bertz CT molecular complexity index is 430. The van der Waals surface area contributed by atoms with E-state index in [0.29, 0.717) is 11.0 Å². The van der Waals surface area contributed by atoms with Gasteiger partial charge in [-0.1, -0.05) is 26.1 Å². The van der Waals surface area contributed by atoms with Crippen LogP contribution in [-0.4, -0.2) is 30.1 Å². The van der Waals surface area contributed by atoms with Crippen LogP contribution in [0.25, 0.3) is 0 Å². The summed E-state index contributed by atoms with van der Waals surface area (Å²) in [6, 6.07) is 6.45. The molecule has 0 radical (unpaired) electrons. The molecule has 4 heteroatoms. The SMILES string of the molecule is CCC(CC)N(C)Cc1cc(C(N)=S)ccc1OC. The largest absolute Gasteiger partial charge is 0.496 e. The first-order chi connectivity index (χ1) is 9.03. The maximum atomic E-state index is 5.69. The minimum atomic E-state index is 0.425. The van der Waals surface area contributed by atoms with E-state index in [1.165, 1.54) is 0 Å². The van der Waals surface area contributed by atoms with Crippen LogP contribution in [-0.2, 0) is 6.54 Å². The van der Waals surface area contributed by atoms with E-state index < -0.39 is 0 Å². The molecule has 0 aliphatic carbocycles. The molecule has 1 rings (SSSR count). The summed E-state index contributed by atoms with van der Waals surface area (Å²) in [5.74, 6) is 0.887. The summed E-state index contributed by atoms with van der Waals surface area (Å²) in [7, 11) is 3.83. The van der Waals surface area contributed by atoms with E-state index in [9.17, 15) is 0 Å². The number of benzene rings is 1. The fraction of sp³-hybridized carbons (Fsp3) is 0.533. The van der Waals surface area contributed by atoms with E-state index in [1.54, 1.807) is 7.11 Å². The minimum Gasteiger partial charge on any atom is -0.496 e. The molecule has 3 nitrogen and oxygen atoms in total. The van der Waals surface area contributed by atoms with Crippen LogP contribution in [0.4, 0.5) is 0 Å². The fourth-order valence-electron chi connectivity index (χ4n) is 2.37. The predicted molar refractivity (Wildman–Crippen MR) is 84.7 cm³/mol. The Balaban J connectivity index is 2.97. The van der Waals surface area contributed by atoms with Crippen LogP contribution in [0.2, 0.25) is 0 Å². The quantitative estimate of drug-likeness (QED) is 0.779. The summed E-state index contributed by atoms with van der Waals surface area (Å²) >= 11 is 5.04. The molecule has 0 aliphatic heterocycles. The third kappa shape index (κ3) is 4.18. The molecular weight excluding hydrogens is 256 g/mol. The Hall–Kier alpha value is -1.13. The van der Waals surface area contributed by atoms with Crippen LogP contribution in [0.5, 0.6) is 5.75 Å². The third-order valence-electron chi connectivity index (χ3n) is 3.55. The normalized spacial score (nSPS) is 11.1. The smallest absolute Gasteiger partial charge is 0.123 e. The van der Waals surface area contributed by atoms with E-state index in [4.69, 9.17) is 22.7 Å². The van der Waals surface area contributed by atoms with Crippen LogP contribution in [0, 0.1) is 0 Å². The highest BCUT2D eigenvalue weighted by Gasteiger charge is 2.14. The standard InChI is InChI=1S/C15H24N2OS/c1-5-13(6-2)17(3)10-12-9-11(15(16)19)7-8-14(12)18-4/h7-9,13H,5-6,10H2,1-4H3,(H2,16,19).